The lowest BCUT2D eigenvalue weighted by molar-refractivity contribution is 0.0946. The minimum atomic E-state index is -0.0846. The number of aromatic nitrogens is 2. The van der Waals surface area contributed by atoms with Crippen molar-refractivity contribution in [2.75, 3.05) is 13.1 Å². The second-order valence-electron chi connectivity index (χ2n) is 4.21. The topological polar surface area (TPSA) is 59.0 Å². The average Bonchev–Trinajstić information content (AvgIpc) is 2.89. The summed E-state index contributed by atoms with van der Waals surface area (Å²) in [6, 6.07) is 2.30. The number of nitrogens with one attached hydrogen (secondary N) is 2. The summed E-state index contributed by atoms with van der Waals surface area (Å²) >= 11 is 0. The van der Waals surface area contributed by atoms with Crippen molar-refractivity contribution in [1.29, 1.82) is 0 Å². The van der Waals surface area contributed by atoms with E-state index in [4.69, 9.17) is 0 Å². The van der Waals surface area contributed by atoms with Crippen LogP contribution >= 0.6 is 0 Å². The fraction of sp³-hybridized carbons (Fsp3) is 0.636. The van der Waals surface area contributed by atoms with E-state index in [1.807, 2.05) is 0 Å². The Bertz CT molecular complexity index is 355. The normalized spacial score (nSPS) is 19.9. The molecule has 88 valence electrons. The Morgan fingerprint density at radius 3 is 3.25 bits per heavy atom. The highest BCUT2D eigenvalue weighted by molar-refractivity contribution is 5.92. The Labute approximate surface area is 95.2 Å². The molecule has 1 atom stereocenters. The monoisotopic (exact) mass is 222 g/mol. The minimum absolute atomic E-state index is 0.0846. The van der Waals surface area contributed by atoms with Gasteiger partial charge in [-0.05, 0) is 31.9 Å². The van der Waals surface area contributed by atoms with E-state index in [1.165, 1.54) is 12.8 Å². The number of amides is 1. The standard InChI is InChI=1S/C11H18N4O/c1-15-8-5-10(14-15)11(16)13-7-4-9-3-2-6-12-9/h5,8-9,12H,2-4,6-7H2,1H3,(H,13,16)/t9-/m1/s1. The summed E-state index contributed by atoms with van der Waals surface area (Å²) in [7, 11) is 1.80. The van der Waals surface area contributed by atoms with Crippen LogP contribution in [0.1, 0.15) is 29.8 Å². The third-order valence-corrected chi connectivity index (χ3v) is 2.89. The molecule has 16 heavy (non-hydrogen) atoms. The van der Waals surface area contributed by atoms with Gasteiger partial charge in [0.25, 0.3) is 5.91 Å². The summed E-state index contributed by atoms with van der Waals surface area (Å²) < 4.78 is 1.63. The van der Waals surface area contributed by atoms with Crippen LogP contribution < -0.4 is 10.6 Å². The minimum Gasteiger partial charge on any atom is -0.351 e. The van der Waals surface area contributed by atoms with Crippen molar-refractivity contribution >= 4 is 5.91 Å². The first kappa shape index (κ1) is 11.1. The van der Waals surface area contributed by atoms with Gasteiger partial charge in [-0.15, -0.1) is 0 Å². The molecular weight excluding hydrogens is 204 g/mol. The van der Waals surface area contributed by atoms with Gasteiger partial charge in [0, 0.05) is 25.8 Å². The zero-order chi connectivity index (χ0) is 11.4. The number of aryl methyl sites for hydroxylation is 1. The van der Waals surface area contributed by atoms with Gasteiger partial charge >= 0.3 is 0 Å². The molecule has 1 aliphatic rings. The fourth-order valence-corrected chi connectivity index (χ4v) is 1.99. The van der Waals surface area contributed by atoms with Gasteiger partial charge in [-0.1, -0.05) is 0 Å². The van der Waals surface area contributed by atoms with E-state index in [2.05, 4.69) is 15.7 Å². The lowest BCUT2D eigenvalue weighted by Crippen LogP contribution is -2.30. The lowest BCUT2D eigenvalue weighted by atomic mass is 10.1. The summed E-state index contributed by atoms with van der Waals surface area (Å²) in [6.07, 6.45) is 5.24. The largest absolute Gasteiger partial charge is 0.351 e. The molecule has 0 saturated carbocycles. The van der Waals surface area contributed by atoms with Crippen molar-refractivity contribution in [2.45, 2.75) is 25.3 Å². The van der Waals surface area contributed by atoms with Crippen molar-refractivity contribution in [1.82, 2.24) is 20.4 Å². The van der Waals surface area contributed by atoms with Crippen LogP contribution in [0.15, 0.2) is 12.3 Å². The van der Waals surface area contributed by atoms with Gasteiger partial charge in [0.15, 0.2) is 0 Å². The zero-order valence-corrected chi connectivity index (χ0v) is 9.57. The van der Waals surface area contributed by atoms with Gasteiger partial charge in [-0.2, -0.15) is 5.10 Å². The molecule has 0 radical (unpaired) electrons. The summed E-state index contributed by atoms with van der Waals surface area (Å²) in [4.78, 5) is 11.6. The lowest BCUT2D eigenvalue weighted by Gasteiger charge is -2.09. The Hall–Kier alpha value is -1.36. The molecule has 2 rings (SSSR count). The predicted octanol–water partition coefficient (Wildman–Crippen LogP) is 0.292. The number of hydrogen-bond acceptors (Lipinski definition) is 3. The highest BCUT2D eigenvalue weighted by atomic mass is 16.1. The van der Waals surface area contributed by atoms with Crippen LogP contribution in [0.3, 0.4) is 0 Å². The molecule has 5 nitrogen and oxygen atoms in total. The van der Waals surface area contributed by atoms with Crippen LogP contribution in [0.4, 0.5) is 0 Å². The maximum Gasteiger partial charge on any atom is 0.271 e. The van der Waals surface area contributed by atoms with E-state index < -0.39 is 0 Å². The molecule has 1 fully saturated rings. The highest BCUT2D eigenvalue weighted by Gasteiger charge is 2.14. The van der Waals surface area contributed by atoms with Crippen molar-refractivity contribution in [3.05, 3.63) is 18.0 Å². The van der Waals surface area contributed by atoms with Crippen molar-refractivity contribution in [3.63, 3.8) is 0 Å². The maximum absolute atomic E-state index is 11.6. The zero-order valence-electron chi connectivity index (χ0n) is 9.57. The molecular formula is C11H18N4O. The first-order chi connectivity index (χ1) is 7.75. The summed E-state index contributed by atoms with van der Waals surface area (Å²) in [5, 5.41) is 10.3. The fourth-order valence-electron chi connectivity index (χ4n) is 1.99. The van der Waals surface area contributed by atoms with Crippen LogP contribution in [-0.2, 0) is 7.05 Å². The number of rotatable bonds is 4. The second-order valence-corrected chi connectivity index (χ2v) is 4.21. The average molecular weight is 222 g/mol. The SMILES string of the molecule is Cn1ccc(C(=O)NCC[C@H]2CCCN2)n1. The van der Waals surface area contributed by atoms with Gasteiger partial charge in [0.05, 0.1) is 0 Å². The van der Waals surface area contributed by atoms with Crippen LogP contribution in [0.5, 0.6) is 0 Å². The van der Waals surface area contributed by atoms with E-state index in [-0.39, 0.29) is 5.91 Å². The summed E-state index contributed by atoms with van der Waals surface area (Å²) in [5.41, 5.74) is 0.488. The number of hydrogen-bond donors (Lipinski definition) is 2. The molecule has 1 aromatic heterocycles. The van der Waals surface area contributed by atoms with Crippen LogP contribution in [-0.4, -0.2) is 34.8 Å². The molecule has 5 heteroatoms. The van der Waals surface area contributed by atoms with E-state index in [9.17, 15) is 4.79 Å². The van der Waals surface area contributed by atoms with Crippen molar-refractivity contribution < 1.29 is 4.79 Å². The molecule has 0 unspecified atom stereocenters. The molecule has 1 saturated heterocycles. The third kappa shape index (κ3) is 2.82. The van der Waals surface area contributed by atoms with Gasteiger partial charge in [0.2, 0.25) is 0 Å². The smallest absolute Gasteiger partial charge is 0.271 e. The third-order valence-electron chi connectivity index (χ3n) is 2.89. The predicted molar refractivity (Wildman–Crippen MR) is 61.2 cm³/mol. The Balaban J connectivity index is 1.71. The summed E-state index contributed by atoms with van der Waals surface area (Å²) in [6.45, 7) is 1.83. The molecule has 2 heterocycles. The maximum atomic E-state index is 11.6. The first-order valence-corrected chi connectivity index (χ1v) is 5.77. The molecule has 0 aliphatic carbocycles. The summed E-state index contributed by atoms with van der Waals surface area (Å²) in [5.74, 6) is -0.0846. The molecule has 1 aromatic rings. The number of carbonyl (C=O) groups is 1. The van der Waals surface area contributed by atoms with Crippen molar-refractivity contribution in [3.8, 4) is 0 Å². The molecule has 0 aromatic carbocycles. The molecule has 2 N–H and O–H groups in total. The Kier molecular flexibility index (Phi) is 3.56. The highest BCUT2D eigenvalue weighted by Crippen LogP contribution is 2.07. The van der Waals surface area contributed by atoms with E-state index >= 15 is 0 Å². The van der Waals surface area contributed by atoms with E-state index in [1.54, 1.807) is 24.0 Å². The van der Waals surface area contributed by atoms with Crippen LogP contribution in [0.25, 0.3) is 0 Å². The molecule has 1 amide bonds. The quantitative estimate of drug-likeness (QED) is 0.770. The van der Waals surface area contributed by atoms with Crippen molar-refractivity contribution in [2.24, 2.45) is 7.05 Å². The molecule has 0 bridgehead atoms. The van der Waals surface area contributed by atoms with Gasteiger partial charge < -0.3 is 10.6 Å². The van der Waals surface area contributed by atoms with Crippen LogP contribution in [0.2, 0.25) is 0 Å². The first-order valence-electron chi connectivity index (χ1n) is 5.77. The van der Waals surface area contributed by atoms with E-state index in [0.29, 0.717) is 18.3 Å². The number of carbonyl (C=O) groups excluding carboxylic acids is 1. The van der Waals surface area contributed by atoms with Gasteiger partial charge in [0.1, 0.15) is 5.69 Å². The van der Waals surface area contributed by atoms with E-state index in [0.717, 1.165) is 13.0 Å². The molecule has 1 aliphatic heterocycles. The molecule has 0 spiro atoms. The van der Waals surface area contributed by atoms with Gasteiger partial charge in [-0.25, -0.2) is 0 Å². The Morgan fingerprint density at radius 2 is 2.62 bits per heavy atom. The Morgan fingerprint density at radius 1 is 1.75 bits per heavy atom. The van der Waals surface area contributed by atoms with Gasteiger partial charge in [-0.3, -0.25) is 9.48 Å². The second kappa shape index (κ2) is 5.12. The van der Waals surface area contributed by atoms with Crippen LogP contribution in [0, 0.1) is 0 Å². The number of nitrogens with zero attached hydrogens (tertiary/aromatic N) is 2.